The molecular weight excluding hydrogens is 366 g/mol. The smallest absolute Gasteiger partial charge is 0.0820 e. The second kappa shape index (κ2) is 8.74. The number of pyridine rings is 1. The average molecular weight is 398 g/mol. The van der Waals surface area contributed by atoms with Crippen LogP contribution < -0.4 is 0 Å². The highest BCUT2D eigenvalue weighted by Gasteiger charge is 2.17. The molecule has 0 spiro atoms. The van der Waals surface area contributed by atoms with Crippen LogP contribution in [0.2, 0.25) is 0 Å². The number of para-hydroxylation sites is 2. The molecule has 0 fully saturated rings. The molecule has 3 aromatic rings. The number of benzene rings is 2. The standard InChI is InChI=1S/C27H31N3/c1-26(2,3)22-14-7-9-16-24(22)28-18-20-12-11-13-21(30-20)19-29-25-17-10-8-15-23(25)27(4,5)6/h7-19H,1-6H3. The van der Waals surface area contributed by atoms with Crippen molar-refractivity contribution in [3.8, 4) is 0 Å². The van der Waals surface area contributed by atoms with Crippen LogP contribution in [-0.2, 0) is 10.8 Å². The van der Waals surface area contributed by atoms with Crippen LogP contribution >= 0.6 is 0 Å². The number of aliphatic imine (C=N–C) groups is 2. The van der Waals surface area contributed by atoms with E-state index in [-0.39, 0.29) is 10.8 Å². The molecule has 0 saturated carbocycles. The lowest BCUT2D eigenvalue weighted by molar-refractivity contribution is 0.591. The van der Waals surface area contributed by atoms with Crippen molar-refractivity contribution < 1.29 is 0 Å². The van der Waals surface area contributed by atoms with E-state index in [0.29, 0.717) is 0 Å². The van der Waals surface area contributed by atoms with E-state index in [1.165, 1.54) is 11.1 Å². The number of nitrogens with zero attached hydrogens (tertiary/aromatic N) is 3. The molecule has 0 aliphatic heterocycles. The monoisotopic (exact) mass is 397 g/mol. The first-order valence-corrected chi connectivity index (χ1v) is 10.4. The molecule has 0 aliphatic carbocycles. The molecule has 0 saturated heterocycles. The SMILES string of the molecule is CC(C)(C)c1ccccc1N=Cc1cccc(C=Nc2ccccc2C(C)(C)C)n1. The highest BCUT2D eigenvalue weighted by molar-refractivity contribution is 5.84. The van der Waals surface area contributed by atoms with E-state index < -0.39 is 0 Å². The minimum absolute atomic E-state index is 0.0380. The van der Waals surface area contributed by atoms with Gasteiger partial charge < -0.3 is 0 Å². The zero-order valence-electron chi connectivity index (χ0n) is 18.8. The number of hydrogen-bond acceptors (Lipinski definition) is 3. The minimum Gasteiger partial charge on any atom is -0.254 e. The summed E-state index contributed by atoms with van der Waals surface area (Å²) in [5.41, 5.74) is 6.09. The third-order valence-corrected chi connectivity index (χ3v) is 4.89. The molecule has 2 aromatic carbocycles. The molecule has 3 rings (SSSR count). The Morgan fingerprint density at radius 2 is 0.967 bits per heavy atom. The highest BCUT2D eigenvalue weighted by Crippen LogP contribution is 2.32. The fraction of sp³-hybridized carbons (Fsp3) is 0.296. The van der Waals surface area contributed by atoms with E-state index >= 15 is 0 Å². The van der Waals surface area contributed by atoms with E-state index in [9.17, 15) is 0 Å². The van der Waals surface area contributed by atoms with Gasteiger partial charge in [-0.25, -0.2) is 4.98 Å². The maximum absolute atomic E-state index is 4.72. The molecule has 1 aromatic heterocycles. The van der Waals surface area contributed by atoms with Gasteiger partial charge in [-0.05, 0) is 46.2 Å². The van der Waals surface area contributed by atoms with Gasteiger partial charge in [0.25, 0.3) is 0 Å². The lowest BCUT2D eigenvalue weighted by atomic mass is 9.86. The molecule has 0 aliphatic rings. The van der Waals surface area contributed by atoms with E-state index in [1.54, 1.807) is 0 Å². The van der Waals surface area contributed by atoms with Crippen molar-refractivity contribution in [1.82, 2.24) is 4.98 Å². The Labute approximate surface area is 180 Å². The van der Waals surface area contributed by atoms with Gasteiger partial charge in [-0.1, -0.05) is 84.0 Å². The Morgan fingerprint density at radius 3 is 1.37 bits per heavy atom. The maximum atomic E-state index is 4.72. The first-order valence-electron chi connectivity index (χ1n) is 10.4. The van der Waals surface area contributed by atoms with Crippen molar-refractivity contribution in [2.75, 3.05) is 0 Å². The Kier molecular flexibility index (Phi) is 6.31. The lowest BCUT2D eigenvalue weighted by Crippen LogP contribution is -2.11. The molecule has 0 unspecified atom stereocenters. The predicted octanol–water partition coefficient (Wildman–Crippen LogP) is 7.18. The van der Waals surface area contributed by atoms with Gasteiger partial charge in [0.1, 0.15) is 0 Å². The summed E-state index contributed by atoms with van der Waals surface area (Å²) in [6.45, 7) is 13.2. The second-order valence-corrected chi connectivity index (χ2v) is 9.54. The van der Waals surface area contributed by atoms with Crippen LogP contribution in [0.15, 0.2) is 76.7 Å². The van der Waals surface area contributed by atoms with Crippen molar-refractivity contribution in [2.45, 2.75) is 52.4 Å². The zero-order chi connectivity index (χ0) is 21.8. The van der Waals surface area contributed by atoms with E-state index in [0.717, 1.165) is 22.8 Å². The first kappa shape index (κ1) is 21.6. The summed E-state index contributed by atoms with van der Waals surface area (Å²) in [5, 5.41) is 0. The Morgan fingerprint density at radius 1 is 0.567 bits per heavy atom. The van der Waals surface area contributed by atoms with Gasteiger partial charge in [0.05, 0.1) is 35.2 Å². The van der Waals surface area contributed by atoms with E-state index in [2.05, 4.69) is 70.8 Å². The van der Waals surface area contributed by atoms with E-state index in [1.807, 2.05) is 54.9 Å². The number of hydrogen-bond donors (Lipinski definition) is 0. The molecule has 0 N–H and O–H groups in total. The van der Waals surface area contributed by atoms with Crippen LogP contribution in [0.25, 0.3) is 0 Å². The molecule has 0 radical (unpaired) electrons. The van der Waals surface area contributed by atoms with Crippen LogP contribution in [0.3, 0.4) is 0 Å². The molecule has 0 atom stereocenters. The average Bonchev–Trinajstić information content (AvgIpc) is 2.70. The summed E-state index contributed by atoms with van der Waals surface area (Å²) in [4.78, 5) is 14.1. The van der Waals surface area contributed by atoms with Crippen LogP contribution in [0.5, 0.6) is 0 Å². The fourth-order valence-corrected chi connectivity index (χ4v) is 3.32. The van der Waals surface area contributed by atoms with Crippen molar-refractivity contribution in [2.24, 2.45) is 9.98 Å². The summed E-state index contributed by atoms with van der Waals surface area (Å²) >= 11 is 0. The number of aromatic nitrogens is 1. The summed E-state index contributed by atoms with van der Waals surface area (Å²) in [7, 11) is 0. The summed E-state index contributed by atoms with van der Waals surface area (Å²) in [6, 6.07) is 22.4. The molecule has 30 heavy (non-hydrogen) atoms. The summed E-state index contributed by atoms with van der Waals surface area (Å²) in [6.07, 6.45) is 3.65. The second-order valence-electron chi connectivity index (χ2n) is 9.54. The molecule has 1 heterocycles. The largest absolute Gasteiger partial charge is 0.254 e. The van der Waals surface area contributed by atoms with Crippen LogP contribution in [-0.4, -0.2) is 17.4 Å². The van der Waals surface area contributed by atoms with Gasteiger partial charge in [0.15, 0.2) is 0 Å². The van der Waals surface area contributed by atoms with Crippen LogP contribution in [0.4, 0.5) is 11.4 Å². The predicted molar refractivity (Wildman–Crippen MR) is 129 cm³/mol. The molecular formula is C27H31N3. The summed E-state index contributed by atoms with van der Waals surface area (Å²) < 4.78 is 0. The molecule has 0 amide bonds. The lowest BCUT2D eigenvalue weighted by Gasteiger charge is -2.20. The Hall–Kier alpha value is -3.07. The van der Waals surface area contributed by atoms with Gasteiger partial charge in [0.2, 0.25) is 0 Å². The fourth-order valence-electron chi connectivity index (χ4n) is 3.32. The first-order chi connectivity index (χ1) is 14.1. The summed E-state index contributed by atoms with van der Waals surface area (Å²) in [5.74, 6) is 0. The molecule has 3 nitrogen and oxygen atoms in total. The topological polar surface area (TPSA) is 37.6 Å². The Bertz CT molecular complexity index is 981. The zero-order valence-corrected chi connectivity index (χ0v) is 18.8. The van der Waals surface area contributed by atoms with Crippen molar-refractivity contribution in [3.63, 3.8) is 0 Å². The van der Waals surface area contributed by atoms with Gasteiger partial charge in [-0.3, -0.25) is 9.98 Å². The highest BCUT2D eigenvalue weighted by atomic mass is 14.8. The van der Waals surface area contributed by atoms with E-state index in [4.69, 9.17) is 9.98 Å². The third-order valence-electron chi connectivity index (χ3n) is 4.89. The molecule has 0 bridgehead atoms. The van der Waals surface area contributed by atoms with Crippen molar-refractivity contribution in [1.29, 1.82) is 0 Å². The van der Waals surface area contributed by atoms with Crippen molar-refractivity contribution in [3.05, 3.63) is 89.2 Å². The normalized spacial score (nSPS) is 12.7. The molecule has 154 valence electrons. The van der Waals surface area contributed by atoms with Gasteiger partial charge in [-0.2, -0.15) is 0 Å². The van der Waals surface area contributed by atoms with Gasteiger partial charge in [-0.15, -0.1) is 0 Å². The van der Waals surface area contributed by atoms with Crippen molar-refractivity contribution >= 4 is 23.8 Å². The maximum Gasteiger partial charge on any atom is 0.0820 e. The minimum atomic E-state index is 0.0380. The van der Waals surface area contributed by atoms with Crippen LogP contribution in [0, 0.1) is 0 Å². The number of rotatable bonds is 4. The van der Waals surface area contributed by atoms with Gasteiger partial charge >= 0.3 is 0 Å². The quantitative estimate of drug-likeness (QED) is 0.430. The molecule has 3 heteroatoms. The third kappa shape index (κ3) is 5.50. The van der Waals surface area contributed by atoms with Gasteiger partial charge in [0, 0.05) is 0 Å². The van der Waals surface area contributed by atoms with Crippen LogP contribution in [0.1, 0.15) is 64.1 Å². The Balaban J connectivity index is 1.85.